The van der Waals surface area contributed by atoms with E-state index in [4.69, 9.17) is 10.5 Å². The highest BCUT2D eigenvalue weighted by Crippen LogP contribution is 2.37. The molecule has 0 aliphatic rings. The average Bonchev–Trinajstić information content (AvgIpc) is 3.99. The first-order valence-electron chi connectivity index (χ1n) is 27.2. The van der Waals surface area contributed by atoms with Crippen LogP contribution in [0.5, 0.6) is 5.75 Å². The van der Waals surface area contributed by atoms with E-state index in [1.807, 2.05) is 86.9 Å². The van der Waals surface area contributed by atoms with Gasteiger partial charge in [-0.05, 0) is 133 Å². The molecule has 0 spiro atoms. The van der Waals surface area contributed by atoms with Crippen LogP contribution < -0.4 is 21.4 Å². The van der Waals surface area contributed by atoms with Crippen molar-refractivity contribution in [3.8, 4) is 5.75 Å². The molecule has 17 heteroatoms. The van der Waals surface area contributed by atoms with Crippen LogP contribution in [0.4, 0.5) is 0 Å². The third-order valence-corrected chi connectivity index (χ3v) is 15.2. The van der Waals surface area contributed by atoms with Crippen molar-refractivity contribution in [2.75, 3.05) is 34.7 Å². The van der Waals surface area contributed by atoms with Crippen LogP contribution in [-0.4, -0.2) is 115 Å². The van der Waals surface area contributed by atoms with Crippen LogP contribution >= 0.6 is 0 Å². The molecule has 10 aromatic rings. The largest absolute Gasteiger partial charge is 0.488 e. The Balaban J connectivity index is 0.946. The van der Waals surface area contributed by atoms with Crippen LogP contribution in [0.2, 0.25) is 0 Å². The monoisotopic (exact) mass is 1080 g/mol. The van der Waals surface area contributed by atoms with Gasteiger partial charge in [-0.2, -0.15) is 0 Å². The number of nitrogens with two attached hydrogens (primary N) is 1. The molecular formula is C64H66B2N8O7. The van der Waals surface area contributed by atoms with Crippen LogP contribution in [0.25, 0.3) is 43.1 Å². The second-order valence-corrected chi connectivity index (χ2v) is 21.0. The fourth-order valence-electron chi connectivity index (χ4n) is 11.3. The quantitative estimate of drug-likeness (QED) is 0.0346. The van der Waals surface area contributed by atoms with Crippen LogP contribution in [-0.2, 0) is 52.4 Å². The summed E-state index contributed by atoms with van der Waals surface area (Å²) in [6.45, 7) is 3.77. The zero-order chi connectivity index (χ0) is 56.7. The molecule has 0 fully saturated rings. The summed E-state index contributed by atoms with van der Waals surface area (Å²) in [4.78, 5) is 37.5. The van der Waals surface area contributed by atoms with E-state index in [1.54, 1.807) is 77.2 Å². The van der Waals surface area contributed by atoms with Crippen molar-refractivity contribution in [3.63, 3.8) is 0 Å². The molecule has 0 atom stereocenters. The Hall–Kier alpha value is -8.25. The maximum Gasteiger partial charge on any atom is 0.488 e. The molecule has 0 unspecified atom stereocenters. The number of benzene rings is 9. The molecule has 0 saturated carbocycles. The molecule has 0 aliphatic carbocycles. The van der Waals surface area contributed by atoms with Gasteiger partial charge in [-0.1, -0.05) is 151 Å². The minimum Gasteiger partial charge on any atom is -0.486 e. The molecule has 0 radical (unpaired) electrons. The molecule has 1 heterocycles. The molecule has 0 bridgehead atoms. The summed E-state index contributed by atoms with van der Waals surface area (Å²) < 4.78 is 8.21. The van der Waals surface area contributed by atoms with Crippen molar-refractivity contribution in [2.45, 2.75) is 58.8 Å². The lowest BCUT2D eigenvalue weighted by atomic mass is 9.77. The van der Waals surface area contributed by atoms with Gasteiger partial charge < -0.3 is 40.4 Å². The Bertz CT molecular complexity index is 3800. The first kappa shape index (κ1) is 56.0. The molecule has 0 aliphatic heterocycles. The van der Waals surface area contributed by atoms with Crippen molar-refractivity contribution in [1.29, 1.82) is 0 Å². The number of ether oxygens (including phenoxy) is 1. The van der Waals surface area contributed by atoms with Gasteiger partial charge >= 0.3 is 14.2 Å². The number of aromatic nitrogens is 3. The van der Waals surface area contributed by atoms with Gasteiger partial charge in [-0.15, -0.1) is 5.10 Å². The minimum absolute atomic E-state index is 0.00708. The summed E-state index contributed by atoms with van der Waals surface area (Å²) in [7, 11) is 4.45. The van der Waals surface area contributed by atoms with Crippen LogP contribution in [0.15, 0.2) is 170 Å². The normalized spacial score (nSPS) is 11.6. The van der Waals surface area contributed by atoms with Gasteiger partial charge in [0.1, 0.15) is 18.1 Å². The molecule has 81 heavy (non-hydrogen) atoms. The SMILES string of the molecule is CN(Cc1ccccc1B(O)O)Cc1c2ccccc2c(CN(C)C(=O)c2ccc(C(=O)N(C)Cc3c4ccccc4c(CN(C)Cc4ccccc4B(O)O)c4ccccc34)c(OCc3cn(CCCN)nn3)c2)c2ccccc12. The predicted molar refractivity (Wildman–Crippen MR) is 322 cm³/mol. The Morgan fingerprint density at radius 1 is 0.519 bits per heavy atom. The van der Waals surface area contributed by atoms with Gasteiger partial charge in [0.2, 0.25) is 0 Å². The molecule has 410 valence electrons. The number of aryl methyl sites for hydroxylation is 1. The number of hydrogen-bond donors (Lipinski definition) is 5. The first-order valence-corrected chi connectivity index (χ1v) is 27.2. The van der Waals surface area contributed by atoms with Crippen molar-refractivity contribution in [1.82, 2.24) is 34.6 Å². The van der Waals surface area contributed by atoms with Crippen LogP contribution in [0.3, 0.4) is 0 Å². The smallest absolute Gasteiger partial charge is 0.486 e. The van der Waals surface area contributed by atoms with E-state index in [1.165, 1.54) is 0 Å². The molecule has 1 aromatic heterocycles. The van der Waals surface area contributed by atoms with E-state index in [0.29, 0.717) is 61.5 Å². The molecule has 10 rings (SSSR count). The lowest BCUT2D eigenvalue weighted by Crippen LogP contribution is -2.35. The fraction of sp³-hybridized carbons (Fsp3) is 0.219. The van der Waals surface area contributed by atoms with E-state index >= 15 is 4.79 Å². The Kier molecular flexibility index (Phi) is 17.3. The molecule has 6 N–H and O–H groups in total. The number of nitrogens with zero attached hydrogens (tertiary/aromatic N) is 7. The Morgan fingerprint density at radius 2 is 0.914 bits per heavy atom. The lowest BCUT2D eigenvalue weighted by Gasteiger charge is -2.25. The zero-order valence-electron chi connectivity index (χ0n) is 46.1. The Morgan fingerprint density at radius 3 is 1.33 bits per heavy atom. The van der Waals surface area contributed by atoms with E-state index in [2.05, 4.69) is 68.6 Å². The fourth-order valence-corrected chi connectivity index (χ4v) is 11.3. The van der Waals surface area contributed by atoms with Gasteiger partial charge in [0.25, 0.3) is 11.8 Å². The van der Waals surface area contributed by atoms with Crippen molar-refractivity contribution < 1.29 is 34.4 Å². The van der Waals surface area contributed by atoms with Gasteiger partial charge in [0.15, 0.2) is 0 Å². The molecule has 0 saturated heterocycles. The van der Waals surface area contributed by atoms with E-state index < -0.39 is 14.2 Å². The van der Waals surface area contributed by atoms with Crippen molar-refractivity contribution in [2.24, 2.45) is 5.73 Å². The Labute approximate surface area is 472 Å². The summed E-state index contributed by atoms with van der Waals surface area (Å²) >= 11 is 0. The van der Waals surface area contributed by atoms with Crippen molar-refractivity contribution in [3.05, 3.63) is 220 Å². The van der Waals surface area contributed by atoms with Gasteiger partial charge in [0, 0.05) is 65.5 Å². The topological polar surface area (TPSA) is 194 Å². The highest BCUT2D eigenvalue weighted by atomic mass is 16.5. The second kappa shape index (κ2) is 25.0. The highest BCUT2D eigenvalue weighted by molar-refractivity contribution is 6.59. The maximum absolute atomic E-state index is 15.0. The van der Waals surface area contributed by atoms with Gasteiger partial charge in [-0.3, -0.25) is 24.1 Å². The van der Waals surface area contributed by atoms with Crippen LogP contribution in [0, 0.1) is 0 Å². The van der Waals surface area contributed by atoms with Gasteiger partial charge in [-0.25, -0.2) is 0 Å². The van der Waals surface area contributed by atoms with E-state index in [-0.39, 0.29) is 42.8 Å². The number of amides is 2. The number of carbonyl (C=O) groups excluding carboxylic acids is 2. The minimum atomic E-state index is -1.58. The summed E-state index contributed by atoms with van der Waals surface area (Å²) in [5.41, 5.74) is 13.8. The number of fused-ring (bicyclic) bond motifs is 4. The van der Waals surface area contributed by atoms with E-state index in [9.17, 15) is 24.9 Å². The standard InChI is InChI=1S/C64H66B2N8O7/c1-70(35-44-18-5-15-28-60(44)65(77)78)38-56-47-20-7-11-24-51(47)58(52-25-12-8-21-48(52)56)40-72(3)63(75)43-30-31-55(62(34-43)81-42-46-37-74(69-68-46)33-17-32-67)64(76)73(4)41-59-53-26-13-9-22-49(53)57(50-23-10-14-27-54(50)59)39-71(2)36-45-19-6-16-29-61(45)66(79)80/h5-16,18-31,34,37,77-80H,17,32-33,35-36,38-42,67H2,1-4H3. The third kappa shape index (κ3) is 12.3. The molecule has 2 amide bonds. The first-order chi connectivity index (χ1) is 39.3. The summed E-state index contributed by atoms with van der Waals surface area (Å²) in [5, 5.41) is 57.2. The summed E-state index contributed by atoms with van der Waals surface area (Å²) in [6.07, 6.45) is 2.52. The van der Waals surface area contributed by atoms with E-state index in [0.717, 1.165) is 82.9 Å². The number of carbonyl (C=O) groups is 2. The lowest BCUT2D eigenvalue weighted by molar-refractivity contribution is 0.0770. The predicted octanol–water partition coefficient (Wildman–Crippen LogP) is 6.99. The summed E-state index contributed by atoms with van der Waals surface area (Å²) in [5.74, 6) is -0.337. The highest BCUT2D eigenvalue weighted by Gasteiger charge is 2.26. The second-order valence-electron chi connectivity index (χ2n) is 21.0. The van der Waals surface area contributed by atoms with Crippen molar-refractivity contribution >= 4 is 80.1 Å². The molecule has 15 nitrogen and oxygen atoms in total. The van der Waals surface area contributed by atoms with Crippen LogP contribution in [0.1, 0.15) is 66.2 Å². The molecule has 9 aromatic carbocycles. The third-order valence-electron chi connectivity index (χ3n) is 15.2. The maximum atomic E-state index is 15.0. The average molecular weight is 1080 g/mol. The number of hydrogen-bond acceptors (Lipinski definition) is 12. The molecular weight excluding hydrogens is 1010 g/mol. The number of rotatable bonds is 22. The summed E-state index contributed by atoms with van der Waals surface area (Å²) in [6, 6.07) is 52.7. The van der Waals surface area contributed by atoms with Gasteiger partial charge in [0.05, 0.1) is 11.8 Å². The zero-order valence-corrected chi connectivity index (χ0v) is 46.1.